The second-order valence-corrected chi connectivity index (χ2v) is 4.78. The molecule has 3 aromatic rings. The van der Waals surface area contributed by atoms with Crippen LogP contribution in [0.2, 0.25) is 10.2 Å². The Hall–Kier alpha value is -2.31. The maximum absolute atomic E-state index is 12.2. The summed E-state index contributed by atoms with van der Waals surface area (Å²) < 4.78 is 0. The summed E-state index contributed by atoms with van der Waals surface area (Å²) in [6.07, 6.45) is 4.37. The number of hydrogen-bond donors (Lipinski definition) is 1. The van der Waals surface area contributed by atoms with Crippen LogP contribution in [0.1, 0.15) is 10.4 Å². The molecular weight excluding hydrogens is 313 g/mol. The van der Waals surface area contributed by atoms with Gasteiger partial charge in [-0.1, -0.05) is 23.2 Å². The van der Waals surface area contributed by atoms with Gasteiger partial charge in [-0.15, -0.1) is 0 Å². The van der Waals surface area contributed by atoms with Crippen LogP contribution in [-0.4, -0.2) is 25.8 Å². The van der Waals surface area contributed by atoms with E-state index in [0.29, 0.717) is 16.6 Å². The van der Waals surface area contributed by atoms with Gasteiger partial charge in [-0.3, -0.25) is 14.8 Å². The number of carbonyl (C=O) groups is 1. The van der Waals surface area contributed by atoms with Crippen molar-refractivity contribution in [2.75, 3.05) is 5.32 Å². The van der Waals surface area contributed by atoms with Crippen molar-refractivity contribution in [3.8, 4) is 0 Å². The Kier molecular flexibility index (Phi) is 3.64. The average Bonchev–Trinajstić information content (AvgIpc) is 2.51. The van der Waals surface area contributed by atoms with Crippen molar-refractivity contribution < 1.29 is 4.79 Å². The highest BCUT2D eigenvalue weighted by Gasteiger charge is 2.13. The number of carbonyl (C=O) groups excluding carboxylic acids is 1. The maximum atomic E-state index is 12.2. The first kappa shape index (κ1) is 13.7. The number of rotatable bonds is 2. The van der Waals surface area contributed by atoms with E-state index in [4.69, 9.17) is 23.2 Å². The SMILES string of the molecule is O=C(Nc1ncnc(Cl)c1Cl)c1ccc2nccnc2c1. The fraction of sp³-hybridized carbons (Fsp3) is 0. The van der Waals surface area contributed by atoms with Gasteiger partial charge in [0.25, 0.3) is 5.91 Å². The molecule has 0 unspecified atom stereocenters. The zero-order valence-corrected chi connectivity index (χ0v) is 11.9. The highest BCUT2D eigenvalue weighted by atomic mass is 35.5. The lowest BCUT2D eigenvalue weighted by Gasteiger charge is -2.07. The second kappa shape index (κ2) is 5.59. The van der Waals surface area contributed by atoms with Gasteiger partial charge in [0.05, 0.1) is 11.0 Å². The van der Waals surface area contributed by atoms with E-state index in [1.807, 2.05) is 0 Å². The molecule has 0 aliphatic heterocycles. The van der Waals surface area contributed by atoms with E-state index in [9.17, 15) is 4.79 Å². The monoisotopic (exact) mass is 319 g/mol. The summed E-state index contributed by atoms with van der Waals surface area (Å²) in [5.41, 5.74) is 1.74. The summed E-state index contributed by atoms with van der Waals surface area (Å²) in [6.45, 7) is 0. The predicted octanol–water partition coefficient (Wildman–Crippen LogP) is 2.98. The number of hydrogen-bond acceptors (Lipinski definition) is 5. The van der Waals surface area contributed by atoms with Crippen LogP contribution < -0.4 is 5.32 Å². The average molecular weight is 320 g/mol. The molecule has 0 saturated heterocycles. The Morgan fingerprint density at radius 2 is 1.76 bits per heavy atom. The molecule has 3 rings (SSSR count). The number of nitrogens with one attached hydrogen (secondary N) is 1. The van der Waals surface area contributed by atoms with Crippen molar-refractivity contribution in [3.05, 3.63) is 52.7 Å². The van der Waals surface area contributed by atoms with Gasteiger partial charge in [0.1, 0.15) is 11.3 Å². The smallest absolute Gasteiger partial charge is 0.256 e. The topological polar surface area (TPSA) is 80.7 Å². The van der Waals surface area contributed by atoms with Gasteiger partial charge < -0.3 is 5.32 Å². The van der Waals surface area contributed by atoms with Crippen molar-refractivity contribution >= 4 is 46.0 Å². The van der Waals surface area contributed by atoms with Crippen LogP contribution in [0.3, 0.4) is 0 Å². The lowest BCUT2D eigenvalue weighted by atomic mass is 10.2. The van der Waals surface area contributed by atoms with Gasteiger partial charge in [-0.05, 0) is 18.2 Å². The van der Waals surface area contributed by atoms with Crippen LogP contribution in [0.15, 0.2) is 36.9 Å². The molecule has 8 heteroatoms. The standard InChI is InChI=1S/C13H7Cl2N5O/c14-10-11(15)18-6-19-12(10)20-13(21)7-1-2-8-9(5-7)17-4-3-16-8/h1-6H,(H,18,19,20,21). The molecule has 104 valence electrons. The van der Waals surface area contributed by atoms with Gasteiger partial charge in [-0.25, -0.2) is 9.97 Å². The number of nitrogens with zero attached hydrogens (tertiary/aromatic N) is 4. The van der Waals surface area contributed by atoms with Crippen molar-refractivity contribution in [2.24, 2.45) is 0 Å². The Labute approximate surface area is 129 Å². The summed E-state index contributed by atoms with van der Waals surface area (Å²) in [7, 11) is 0. The highest BCUT2D eigenvalue weighted by molar-refractivity contribution is 6.43. The van der Waals surface area contributed by atoms with E-state index in [2.05, 4.69) is 25.3 Å². The van der Waals surface area contributed by atoms with Crippen molar-refractivity contribution in [3.63, 3.8) is 0 Å². The molecule has 0 atom stereocenters. The summed E-state index contributed by atoms with van der Waals surface area (Å²) >= 11 is 11.7. The molecule has 0 aliphatic carbocycles. The number of halogens is 2. The molecule has 0 aliphatic rings. The maximum Gasteiger partial charge on any atom is 0.256 e. The van der Waals surface area contributed by atoms with E-state index in [-0.39, 0.29) is 21.9 Å². The van der Waals surface area contributed by atoms with Gasteiger partial charge in [0, 0.05) is 18.0 Å². The predicted molar refractivity (Wildman–Crippen MR) is 79.5 cm³/mol. The minimum Gasteiger partial charge on any atom is -0.305 e. The zero-order valence-electron chi connectivity index (χ0n) is 10.4. The first-order valence-electron chi connectivity index (χ1n) is 5.83. The molecule has 0 radical (unpaired) electrons. The summed E-state index contributed by atoms with van der Waals surface area (Å²) in [5, 5.41) is 2.74. The largest absolute Gasteiger partial charge is 0.305 e. The molecule has 2 aromatic heterocycles. The minimum absolute atomic E-state index is 0.0753. The first-order valence-corrected chi connectivity index (χ1v) is 6.59. The van der Waals surface area contributed by atoms with Crippen LogP contribution in [-0.2, 0) is 0 Å². The summed E-state index contributed by atoms with van der Waals surface area (Å²) in [4.78, 5) is 28.1. The van der Waals surface area contributed by atoms with Gasteiger partial charge in [0.15, 0.2) is 11.0 Å². The quantitative estimate of drug-likeness (QED) is 0.734. The van der Waals surface area contributed by atoms with Crippen molar-refractivity contribution in [2.45, 2.75) is 0 Å². The van der Waals surface area contributed by atoms with E-state index in [1.54, 1.807) is 30.6 Å². The zero-order chi connectivity index (χ0) is 14.8. The van der Waals surface area contributed by atoms with Crippen molar-refractivity contribution in [1.82, 2.24) is 19.9 Å². The molecule has 0 saturated carbocycles. The van der Waals surface area contributed by atoms with E-state index in [0.717, 1.165) is 0 Å². The Balaban J connectivity index is 1.91. The third kappa shape index (κ3) is 2.76. The van der Waals surface area contributed by atoms with E-state index in [1.165, 1.54) is 6.33 Å². The highest BCUT2D eigenvalue weighted by Crippen LogP contribution is 2.25. The third-order valence-electron chi connectivity index (χ3n) is 2.71. The molecule has 1 aromatic carbocycles. The Bertz CT molecular complexity index is 840. The summed E-state index contributed by atoms with van der Waals surface area (Å²) in [6, 6.07) is 4.99. The van der Waals surface area contributed by atoms with Crippen LogP contribution in [0.5, 0.6) is 0 Å². The molecule has 0 fully saturated rings. The van der Waals surface area contributed by atoms with Crippen LogP contribution in [0.4, 0.5) is 5.82 Å². The fourth-order valence-corrected chi connectivity index (χ4v) is 2.00. The minimum atomic E-state index is -0.376. The number of anilines is 1. The van der Waals surface area contributed by atoms with E-state index < -0.39 is 0 Å². The third-order valence-corrected chi connectivity index (χ3v) is 3.45. The first-order chi connectivity index (χ1) is 10.1. The van der Waals surface area contributed by atoms with Gasteiger partial charge in [0.2, 0.25) is 0 Å². The van der Waals surface area contributed by atoms with Crippen LogP contribution in [0.25, 0.3) is 11.0 Å². The van der Waals surface area contributed by atoms with Crippen molar-refractivity contribution in [1.29, 1.82) is 0 Å². The molecule has 0 bridgehead atoms. The lowest BCUT2D eigenvalue weighted by molar-refractivity contribution is 0.102. The molecule has 21 heavy (non-hydrogen) atoms. The van der Waals surface area contributed by atoms with Crippen LogP contribution >= 0.6 is 23.2 Å². The molecule has 1 amide bonds. The van der Waals surface area contributed by atoms with Gasteiger partial charge >= 0.3 is 0 Å². The molecular formula is C13H7Cl2N5O. The number of aromatic nitrogens is 4. The Morgan fingerprint density at radius 1 is 1.00 bits per heavy atom. The van der Waals surface area contributed by atoms with Gasteiger partial charge in [-0.2, -0.15) is 0 Å². The number of benzene rings is 1. The molecule has 0 spiro atoms. The Morgan fingerprint density at radius 3 is 2.57 bits per heavy atom. The second-order valence-electron chi connectivity index (χ2n) is 4.04. The van der Waals surface area contributed by atoms with E-state index >= 15 is 0 Å². The molecule has 2 heterocycles. The lowest BCUT2D eigenvalue weighted by Crippen LogP contribution is -2.13. The summed E-state index contributed by atoms with van der Waals surface area (Å²) in [5.74, 6) is -0.222. The normalized spacial score (nSPS) is 10.6. The number of fused-ring (bicyclic) bond motifs is 1. The fourth-order valence-electron chi connectivity index (χ4n) is 1.72. The molecule has 1 N–H and O–H groups in total. The number of amides is 1. The molecule has 6 nitrogen and oxygen atoms in total. The van der Waals surface area contributed by atoms with Crippen LogP contribution in [0, 0.1) is 0 Å².